The fourth-order valence-electron chi connectivity index (χ4n) is 4.87. The van der Waals surface area contributed by atoms with Crippen molar-refractivity contribution in [2.45, 2.75) is 0 Å². The van der Waals surface area contributed by atoms with Gasteiger partial charge in [-0.15, -0.1) is 0 Å². The van der Waals surface area contributed by atoms with E-state index in [0.717, 1.165) is 53.9 Å². The first kappa shape index (κ1) is 18.2. The van der Waals surface area contributed by atoms with Gasteiger partial charge in [0.1, 0.15) is 0 Å². The summed E-state index contributed by atoms with van der Waals surface area (Å²) < 4.78 is 0. The van der Waals surface area contributed by atoms with E-state index in [4.69, 9.17) is 0 Å². The number of non-ortho nitro benzene ring substituents is 2. The van der Waals surface area contributed by atoms with E-state index in [9.17, 15) is 20.2 Å². The van der Waals surface area contributed by atoms with Crippen LogP contribution in [0.5, 0.6) is 0 Å². The largest absolute Gasteiger partial charge is 0.270 e. The topological polar surface area (TPSA) is 86.3 Å². The zero-order chi connectivity index (χ0) is 22.0. The highest BCUT2D eigenvalue weighted by Gasteiger charge is 2.19. The van der Waals surface area contributed by atoms with Crippen LogP contribution in [0, 0.1) is 20.2 Å². The molecule has 0 aliphatic carbocycles. The molecule has 0 N–H and O–H groups in total. The van der Waals surface area contributed by atoms with E-state index in [-0.39, 0.29) is 21.2 Å². The van der Waals surface area contributed by atoms with Crippen molar-refractivity contribution in [2.75, 3.05) is 0 Å². The molecular formula is C26H14N2O4. The predicted octanol–water partition coefficient (Wildman–Crippen LogP) is 7.27. The van der Waals surface area contributed by atoms with Crippen molar-refractivity contribution in [1.29, 1.82) is 0 Å². The van der Waals surface area contributed by atoms with Crippen LogP contribution in [-0.4, -0.2) is 9.85 Å². The zero-order valence-electron chi connectivity index (χ0n) is 16.6. The summed E-state index contributed by atoms with van der Waals surface area (Å²) in [6.07, 6.45) is 0. The van der Waals surface area contributed by atoms with E-state index in [0.29, 0.717) is 0 Å². The highest BCUT2D eigenvalue weighted by atomic mass is 16.6. The lowest BCUT2D eigenvalue weighted by atomic mass is 9.87. The first-order valence-corrected chi connectivity index (χ1v) is 10.1. The predicted molar refractivity (Wildman–Crippen MR) is 127 cm³/mol. The molecule has 6 rings (SSSR count). The van der Waals surface area contributed by atoms with Crippen LogP contribution in [0.1, 0.15) is 0 Å². The summed E-state index contributed by atoms with van der Waals surface area (Å²) in [7, 11) is 0. The van der Waals surface area contributed by atoms with Gasteiger partial charge in [0, 0.05) is 24.3 Å². The van der Waals surface area contributed by atoms with Gasteiger partial charge in [0.25, 0.3) is 11.4 Å². The number of nitro benzene ring substituents is 2. The van der Waals surface area contributed by atoms with Crippen molar-refractivity contribution >= 4 is 65.2 Å². The molecule has 0 unspecified atom stereocenters. The van der Waals surface area contributed by atoms with Crippen LogP contribution in [0.3, 0.4) is 0 Å². The number of nitrogens with zero attached hydrogens (tertiary/aromatic N) is 2. The first-order chi connectivity index (χ1) is 15.5. The van der Waals surface area contributed by atoms with E-state index < -0.39 is 0 Å². The molecule has 0 heterocycles. The molecule has 0 bridgehead atoms. The maximum absolute atomic E-state index is 11.5. The Morgan fingerprint density at radius 2 is 0.781 bits per heavy atom. The first-order valence-electron chi connectivity index (χ1n) is 10.1. The van der Waals surface area contributed by atoms with Crippen LogP contribution in [0.15, 0.2) is 84.9 Å². The summed E-state index contributed by atoms with van der Waals surface area (Å²) in [5, 5.41) is 32.1. The highest BCUT2D eigenvalue weighted by Crippen LogP contribution is 2.44. The smallest absolute Gasteiger partial charge is 0.258 e. The maximum atomic E-state index is 11.5. The third kappa shape index (κ3) is 2.40. The molecule has 0 fully saturated rings. The van der Waals surface area contributed by atoms with Gasteiger partial charge >= 0.3 is 0 Å². The van der Waals surface area contributed by atoms with Crippen LogP contribution in [0.25, 0.3) is 53.9 Å². The fourth-order valence-corrected chi connectivity index (χ4v) is 4.87. The van der Waals surface area contributed by atoms with Gasteiger partial charge in [0.2, 0.25) is 0 Å². The highest BCUT2D eigenvalue weighted by molar-refractivity contribution is 6.39. The Bertz CT molecular complexity index is 1660. The Kier molecular flexibility index (Phi) is 3.67. The standard InChI is InChI=1S/C26H14N2O4/c29-27(30)15-9-11-21-23(13-15)17-5-1-3-7-19(17)25-22-12-10-16(28(31)32)14-24(22)18-6-2-4-8-20(18)26(21)25/h1-14H. The quantitative estimate of drug-likeness (QED) is 0.168. The summed E-state index contributed by atoms with van der Waals surface area (Å²) in [5.41, 5.74) is 0.0884. The van der Waals surface area contributed by atoms with Gasteiger partial charge < -0.3 is 0 Å². The minimum atomic E-state index is -0.379. The van der Waals surface area contributed by atoms with E-state index in [2.05, 4.69) is 0 Å². The van der Waals surface area contributed by atoms with Crippen molar-refractivity contribution in [3.05, 3.63) is 105 Å². The molecule has 0 radical (unpaired) electrons. The Balaban J connectivity index is 1.99. The number of hydrogen-bond acceptors (Lipinski definition) is 4. The second-order valence-electron chi connectivity index (χ2n) is 7.82. The normalized spacial score (nSPS) is 11.6. The summed E-state index contributed by atoms with van der Waals surface area (Å²) in [6, 6.07) is 25.6. The number of benzene rings is 6. The fraction of sp³-hybridized carbons (Fsp3) is 0. The molecule has 0 aliphatic heterocycles. The van der Waals surface area contributed by atoms with Gasteiger partial charge in [0.05, 0.1) is 9.85 Å². The lowest BCUT2D eigenvalue weighted by Gasteiger charge is -2.16. The van der Waals surface area contributed by atoms with Gasteiger partial charge in [-0.3, -0.25) is 20.2 Å². The molecule has 0 saturated carbocycles. The molecule has 6 heteroatoms. The van der Waals surface area contributed by atoms with Crippen LogP contribution < -0.4 is 0 Å². The van der Waals surface area contributed by atoms with Crippen LogP contribution in [-0.2, 0) is 0 Å². The lowest BCUT2D eigenvalue weighted by molar-refractivity contribution is -0.384. The molecule has 0 aliphatic rings. The van der Waals surface area contributed by atoms with Crippen molar-refractivity contribution in [3.63, 3.8) is 0 Å². The molecular weight excluding hydrogens is 404 g/mol. The number of hydrogen-bond donors (Lipinski definition) is 0. The zero-order valence-corrected chi connectivity index (χ0v) is 16.6. The van der Waals surface area contributed by atoms with Gasteiger partial charge in [-0.1, -0.05) is 48.5 Å². The Morgan fingerprint density at radius 1 is 0.438 bits per heavy atom. The summed E-state index contributed by atoms with van der Waals surface area (Å²) in [6.45, 7) is 0. The van der Waals surface area contributed by atoms with Crippen molar-refractivity contribution in [3.8, 4) is 0 Å². The number of nitro groups is 2. The molecule has 0 amide bonds. The van der Waals surface area contributed by atoms with Crippen molar-refractivity contribution in [1.82, 2.24) is 0 Å². The van der Waals surface area contributed by atoms with E-state index in [1.807, 2.05) is 60.7 Å². The average molecular weight is 418 g/mol. The molecule has 0 saturated heterocycles. The summed E-state index contributed by atoms with van der Waals surface area (Å²) >= 11 is 0. The van der Waals surface area contributed by atoms with E-state index in [1.54, 1.807) is 12.1 Å². The Hall–Kier alpha value is -4.58. The third-order valence-electron chi connectivity index (χ3n) is 6.19. The van der Waals surface area contributed by atoms with Gasteiger partial charge in [-0.25, -0.2) is 0 Å². The van der Waals surface area contributed by atoms with Crippen LogP contribution in [0.2, 0.25) is 0 Å². The molecule has 0 aromatic heterocycles. The number of rotatable bonds is 2. The second-order valence-corrected chi connectivity index (χ2v) is 7.82. The van der Waals surface area contributed by atoms with Gasteiger partial charge in [0.15, 0.2) is 0 Å². The van der Waals surface area contributed by atoms with Gasteiger partial charge in [-0.2, -0.15) is 0 Å². The Morgan fingerprint density at radius 3 is 1.16 bits per heavy atom. The minimum absolute atomic E-state index is 0.0442. The molecule has 152 valence electrons. The lowest BCUT2D eigenvalue weighted by Crippen LogP contribution is -1.92. The Labute approximate surface area is 180 Å². The second kappa shape index (κ2) is 6.46. The average Bonchev–Trinajstić information content (AvgIpc) is 2.83. The van der Waals surface area contributed by atoms with Crippen molar-refractivity contribution in [2.24, 2.45) is 0 Å². The molecule has 32 heavy (non-hydrogen) atoms. The van der Waals surface area contributed by atoms with Crippen molar-refractivity contribution < 1.29 is 9.85 Å². The maximum Gasteiger partial charge on any atom is 0.270 e. The molecule has 0 spiro atoms. The third-order valence-corrected chi connectivity index (χ3v) is 6.19. The van der Waals surface area contributed by atoms with Crippen LogP contribution >= 0.6 is 0 Å². The monoisotopic (exact) mass is 418 g/mol. The molecule has 6 nitrogen and oxygen atoms in total. The minimum Gasteiger partial charge on any atom is -0.258 e. The van der Waals surface area contributed by atoms with Crippen LogP contribution in [0.4, 0.5) is 11.4 Å². The molecule has 6 aromatic carbocycles. The summed E-state index contributed by atoms with van der Waals surface area (Å²) in [4.78, 5) is 22.2. The van der Waals surface area contributed by atoms with E-state index >= 15 is 0 Å². The molecule has 0 atom stereocenters. The van der Waals surface area contributed by atoms with E-state index in [1.165, 1.54) is 12.1 Å². The SMILES string of the molecule is O=[N+]([O-])c1ccc2c(c1)c1ccccc1c1c3ccc([N+](=O)[O-])cc3c3ccccc3c21. The summed E-state index contributed by atoms with van der Waals surface area (Å²) in [5.74, 6) is 0. The number of fused-ring (bicyclic) bond motifs is 11. The molecule has 6 aromatic rings. The van der Waals surface area contributed by atoms with Gasteiger partial charge in [-0.05, 0) is 66.0 Å².